The summed E-state index contributed by atoms with van der Waals surface area (Å²) in [7, 11) is 3.42. The highest BCUT2D eigenvalue weighted by molar-refractivity contribution is 7.11. The molecule has 0 aliphatic rings. The molecule has 1 heterocycles. The topological polar surface area (TPSA) is 43.4 Å². The number of nitrogens with zero attached hydrogens (tertiary/aromatic N) is 1. The molecule has 0 aliphatic carbocycles. The van der Waals surface area contributed by atoms with E-state index in [1.54, 1.807) is 25.6 Å². The van der Waals surface area contributed by atoms with Crippen LogP contribution in [-0.4, -0.2) is 32.4 Å². The third kappa shape index (κ3) is 5.44. The van der Waals surface area contributed by atoms with Gasteiger partial charge in [-0.1, -0.05) is 13.8 Å². The Labute approximate surface area is 114 Å². The zero-order chi connectivity index (χ0) is 13.4. The van der Waals surface area contributed by atoms with Gasteiger partial charge in [-0.05, 0) is 12.5 Å². The van der Waals surface area contributed by atoms with Gasteiger partial charge in [0, 0.05) is 32.1 Å². The minimum Gasteiger partial charge on any atom is -0.384 e. The van der Waals surface area contributed by atoms with Crippen LogP contribution in [0.4, 0.5) is 0 Å². The van der Waals surface area contributed by atoms with Crippen molar-refractivity contribution in [3.05, 3.63) is 15.6 Å². The first-order valence-electron chi connectivity index (χ1n) is 6.33. The van der Waals surface area contributed by atoms with Crippen LogP contribution in [0.1, 0.15) is 29.4 Å². The van der Waals surface area contributed by atoms with Crippen molar-refractivity contribution in [2.45, 2.75) is 33.4 Å². The number of hydrogen-bond acceptors (Lipinski definition) is 5. The summed E-state index contributed by atoms with van der Waals surface area (Å²) in [5.41, 5.74) is 1.06. The molecule has 4 nitrogen and oxygen atoms in total. The molecule has 0 bridgehead atoms. The predicted molar refractivity (Wildman–Crippen MR) is 75.0 cm³/mol. The van der Waals surface area contributed by atoms with Crippen LogP contribution < -0.4 is 5.32 Å². The number of aromatic nitrogens is 1. The number of thiazole rings is 1. The van der Waals surface area contributed by atoms with E-state index in [9.17, 15) is 0 Å². The summed E-state index contributed by atoms with van der Waals surface area (Å²) >= 11 is 1.76. The van der Waals surface area contributed by atoms with Gasteiger partial charge in [0.15, 0.2) is 0 Å². The van der Waals surface area contributed by atoms with Crippen molar-refractivity contribution < 1.29 is 9.47 Å². The quantitative estimate of drug-likeness (QED) is 0.748. The molecule has 5 heteroatoms. The summed E-state index contributed by atoms with van der Waals surface area (Å²) in [5.74, 6) is 0.664. The van der Waals surface area contributed by atoms with E-state index >= 15 is 0 Å². The molecule has 1 N–H and O–H groups in total. The summed E-state index contributed by atoms with van der Waals surface area (Å²) in [4.78, 5) is 5.89. The van der Waals surface area contributed by atoms with Gasteiger partial charge in [-0.15, -0.1) is 11.3 Å². The molecule has 0 aromatic carbocycles. The minimum absolute atomic E-state index is 0.585. The van der Waals surface area contributed by atoms with Gasteiger partial charge in [0.2, 0.25) is 0 Å². The number of rotatable bonds is 9. The van der Waals surface area contributed by atoms with Crippen LogP contribution >= 0.6 is 11.3 Å². The highest BCUT2D eigenvalue weighted by Crippen LogP contribution is 2.20. The predicted octanol–water partition coefficient (Wildman–Crippen LogP) is 2.22. The molecule has 0 radical (unpaired) electrons. The summed E-state index contributed by atoms with van der Waals surface area (Å²) in [6.45, 7) is 7.62. The van der Waals surface area contributed by atoms with Crippen molar-refractivity contribution in [1.82, 2.24) is 10.3 Å². The molecule has 0 atom stereocenters. The Kier molecular flexibility index (Phi) is 7.42. The van der Waals surface area contributed by atoms with E-state index in [2.05, 4.69) is 24.1 Å². The second kappa shape index (κ2) is 8.58. The first-order valence-corrected chi connectivity index (χ1v) is 7.15. The Morgan fingerprint density at radius 1 is 1.28 bits per heavy atom. The van der Waals surface area contributed by atoms with E-state index in [4.69, 9.17) is 9.47 Å². The lowest BCUT2D eigenvalue weighted by molar-refractivity contribution is 0.180. The summed E-state index contributed by atoms with van der Waals surface area (Å²) in [6, 6.07) is 0. The smallest absolute Gasteiger partial charge is 0.0955 e. The molecular weight excluding hydrogens is 248 g/mol. The Morgan fingerprint density at radius 2 is 2.06 bits per heavy atom. The van der Waals surface area contributed by atoms with E-state index in [1.807, 2.05) is 0 Å². The van der Waals surface area contributed by atoms with Crippen LogP contribution in [0, 0.1) is 5.92 Å². The Bertz CT molecular complexity index is 340. The molecule has 0 fully saturated rings. The first kappa shape index (κ1) is 15.6. The molecule has 0 saturated carbocycles. The van der Waals surface area contributed by atoms with E-state index < -0.39 is 0 Å². The van der Waals surface area contributed by atoms with Crippen LogP contribution in [-0.2, 0) is 29.0 Å². The lowest BCUT2D eigenvalue weighted by Crippen LogP contribution is -2.19. The van der Waals surface area contributed by atoms with E-state index in [0.717, 1.165) is 36.8 Å². The van der Waals surface area contributed by atoms with Crippen molar-refractivity contribution in [3.63, 3.8) is 0 Å². The van der Waals surface area contributed by atoms with Crippen molar-refractivity contribution in [2.24, 2.45) is 5.92 Å². The average molecular weight is 272 g/mol. The van der Waals surface area contributed by atoms with Gasteiger partial charge in [0.05, 0.1) is 23.9 Å². The van der Waals surface area contributed by atoms with Crippen LogP contribution in [0.2, 0.25) is 0 Å². The summed E-state index contributed by atoms with van der Waals surface area (Å²) in [5, 5.41) is 4.58. The SMILES string of the molecule is COCCc1nc(COC)c(CNCC(C)C)s1. The van der Waals surface area contributed by atoms with Crippen molar-refractivity contribution in [2.75, 3.05) is 27.4 Å². The monoisotopic (exact) mass is 272 g/mol. The highest BCUT2D eigenvalue weighted by Gasteiger charge is 2.10. The maximum atomic E-state index is 5.20. The third-order valence-corrected chi connectivity index (χ3v) is 3.62. The van der Waals surface area contributed by atoms with E-state index in [0.29, 0.717) is 12.5 Å². The summed E-state index contributed by atoms with van der Waals surface area (Å²) in [6.07, 6.45) is 0.877. The summed E-state index contributed by atoms with van der Waals surface area (Å²) < 4.78 is 10.3. The second-order valence-electron chi connectivity index (χ2n) is 4.68. The van der Waals surface area contributed by atoms with Crippen LogP contribution in [0.25, 0.3) is 0 Å². The van der Waals surface area contributed by atoms with Crippen molar-refractivity contribution >= 4 is 11.3 Å². The Balaban J connectivity index is 2.58. The lowest BCUT2D eigenvalue weighted by Gasteiger charge is -2.06. The fourth-order valence-electron chi connectivity index (χ4n) is 1.60. The van der Waals surface area contributed by atoms with E-state index in [1.165, 1.54) is 4.88 Å². The number of hydrogen-bond donors (Lipinski definition) is 1. The Hall–Kier alpha value is -0.490. The molecule has 1 rings (SSSR count). The molecule has 18 heavy (non-hydrogen) atoms. The normalized spacial score (nSPS) is 11.4. The molecule has 1 aromatic rings. The number of ether oxygens (including phenoxy) is 2. The standard InChI is InChI=1S/C13H24N2O2S/c1-10(2)7-14-8-12-11(9-17-4)15-13(18-12)5-6-16-3/h10,14H,5-9H2,1-4H3. The van der Waals surface area contributed by atoms with Crippen LogP contribution in [0.15, 0.2) is 0 Å². The largest absolute Gasteiger partial charge is 0.384 e. The molecule has 1 aromatic heterocycles. The fourth-order valence-corrected chi connectivity index (χ4v) is 2.62. The molecule has 104 valence electrons. The van der Waals surface area contributed by atoms with Gasteiger partial charge in [-0.25, -0.2) is 4.98 Å². The van der Waals surface area contributed by atoms with Crippen molar-refractivity contribution in [1.29, 1.82) is 0 Å². The number of nitrogens with one attached hydrogen (secondary N) is 1. The van der Waals surface area contributed by atoms with Crippen LogP contribution in [0.5, 0.6) is 0 Å². The molecule has 0 saturated heterocycles. The van der Waals surface area contributed by atoms with Crippen LogP contribution in [0.3, 0.4) is 0 Å². The molecule has 0 amide bonds. The maximum absolute atomic E-state index is 5.20. The molecule has 0 unspecified atom stereocenters. The van der Waals surface area contributed by atoms with Gasteiger partial charge >= 0.3 is 0 Å². The van der Waals surface area contributed by atoms with Gasteiger partial charge in [-0.3, -0.25) is 0 Å². The molecular formula is C13H24N2O2S. The average Bonchev–Trinajstić information content (AvgIpc) is 2.69. The van der Waals surface area contributed by atoms with Crippen molar-refractivity contribution in [3.8, 4) is 0 Å². The van der Waals surface area contributed by atoms with Gasteiger partial charge in [0.25, 0.3) is 0 Å². The minimum atomic E-state index is 0.585. The highest BCUT2D eigenvalue weighted by atomic mass is 32.1. The zero-order valence-electron chi connectivity index (χ0n) is 11.8. The van der Waals surface area contributed by atoms with Gasteiger partial charge in [0.1, 0.15) is 0 Å². The maximum Gasteiger partial charge on any atom is 0.0955 e. The lowest BCUT2D eigenvalue weighted by atomic mass is 10.2. The first-order chi connectivity index (χ1) is 8.67. The van der Waals surface area contributed by atoms with Gasteiger partial charge < -0.3 is 14.8 Å². The number of methoxy groups -OCH3 is 2. The van der Waals surface area contributed by atoms with E-state index in [-0.39, 0.29) is 0 Å². The fraction of sp³-hybridized carbons (Fsp3) is 0.769. The third-order valence-electron chi connectivity index (χ3n) is 2.46. The Morgan fingerprint density at radius 3 is 2.67 bits per heavy atom. The molecule has 0 aliphatic heterocycles. The molecule has 0 spiro atoms. The van der Waals surface area contributed by atoms with Gasteiger partial charge in [-0.2, -0.15) is 0 Å². The second-order valence-corrected chi connectivity index (χ2v) is 5.85. The zero-order valence-corrected chi connectivity index (χ0v) is 12.6.